The first-order valence-electron chi connectivity index (χ1n) is 11.8. The molecule has 2 aromatic carbocycles. The number of hydrogen-bond acceptors (Lipinski definition) is 3. The number of carbonyl (C=O) groups is 1. The molecule has 35 heavy (non-hydrogen) atoms. The predicted molar refractivity (Wildman–Crippen MR) is 135 cm³/mol. The summed E-state index contributed by atoms with van der Waals surface area (Å²) in [7, 11) is 0. The number of amides is 1. The van der Waals surface area contributed by atoms with Crippen LogP contribution in [-0.2, 0) is 6.54 Å². The van der Waals surface area contributed by atoms with Gasteiger partial charge in [-0.05, 0) is 74.9 Å². The second-order valence-electron chi connectivity index (χ2n) is 9.17. The third-order valence-corrected chi connectivity index (χ3v) is 7.03. The molecule has 180 valence electrons. The monoisotopic (exact) mass is 492 g/mol. The molecule has 0 radical (unpaired) electrons. The Hall–Kier alpha value is -3.45. The molecule has 0 atom stereocenters. The minimum Gasteiger partial charge on any atom is -0.349 e. The van der Waals surface area contributed by atoms with Crippen LogP contribution in [0.1, 0.15) is 41.7 Å². The van der Waals surface area contributed by atoms with Crippen molar-refractivity contribution in [3.05, 3.63) is 93.4 Å². The van der Waals surface area contributed by atoms with Crippen molar-refractivity contribution in [1.29, 1.82) is 0 Å². The van der Waals surface area contributed by atoms with Crippen molar-refractivity contribution in [3.63, 3.8) is 0 Å². The average Bonchev–Trinajstić information content (AvgIpc) is 3.13. The molecule has 1 aliphatic carbocycles. The molecule has 8 heteroatoms. The van der Waals surface area contributed by atoms with Crippen LogP contribution >= 0.6 is 11.6 Å². The van der Waals surface area contributed by atoms with E-state index in [-0.39, 0.29) is 23.5 Å². The van der Waals surface area contributed by atoms with E-state index >= 15 is 0 Å². The lowest BCUT2D eigenvalue weighted by Crippen LogP contribution is -2.39. The Morgan fingerprint density at radius 1 is 1.09 bits per heavy atom. The highest BCUT2D eigenvalue weighted by molar-refractivity contribution is 6.30. The number of nitrogens with one attached hydrogen (secondary N) is 1. The normalized spacial score (nSPS) is 18.0. The second-order valence-corrected chi connectivity index (χ2v) is 9.61. The molecule has 2 aromatic heterocycles. The van der Waals surface area contributed by atoms with E-state index in [1.165, 1.54) is 18.3 Å². The number of benzene rings is 2. The van der Waals surface area contributed by atoms with Crippen molar-refractivity contribution >= 4 is 28.5 Å². The van der Waals surface area contributed by atoms with Crippen LogP contribution in [0.4, 0.5) is 4.39 Å². The van der Waals surface area contributed by atoms with Crippen LogP contribution in [0.25, 0.3) is 16.7 Å². The maximum absolute atomic E-state index is 13.9. The molecule has 4 aromatic rings. The highest BCUT2D eigenvalue weighted by atomic mass is 35.5. The Morgan fingerprint density at radius 2 is 1.83 bits per heavy atom. The zero-order valence-electron chi connectivity index (χ0n) is 19.4. The van der Waals surface area contributed by atoms with Gasteiger partial charge in [-0.15, -0.1) is 0 Å². The van der Waals surface area contributed by atoms with Crippen molar-refractivity contribution in [3.8, 4) is 5.69 Å². The lowest BCUT2D eigenvalue weighted by atomic mass is 9.85. The zero-order valence-corrected chi connectivity index (χ0v) is 20.1. The van der Waals surface area contributed by atoms with E-state index < -0.39 is 0 Å². The van der Waals surface area contributed by atoms with Crippen molar-refractivity contribution in [2.24, 2.45) is 5.92 Å². The summed E-state index contributed by atoms with van der Waals surface area (Å²) in [5.74, 6) is -0.229. The third-order valence-electron chi connectivity index (χ3n) is 6.82. The van der Waals surface area contributed by atoms with Gasteiger partial charge in [0.2, 0.25) is 0 Å². The number of carbonyl (C=O) groups excluding carboxylic acids is 1. The van der Waals surface area contributed by atoms with Gasteiger partial charge in [-0.3, -0.25) is 18.9 Å². The van der Waals surface area contributed by atoms with Gasteiger partial charge in [0, 0.05) is 18.8 Å². The quantitative estimate of drug-likeness (QED) is 0.412. The van der Waals surface area contributed by atoms with Gasteiger partial charge in [0.05, 0.1) is 33.0 Å². The van der Waals surface area contributed by atoms with Crippen LogP contribution in [0.5, 0.6) is 0 Å². The molecule has 0 saturated heterocycles. The Morgan fingerprint density at radius 3 is 2.57 bits per heavy atom. The topological polar surface area (TPSA) is 68.9 Å². The predicted octanol–water partition coefficient (Wildman–Crippen LogP) is 5.28. The largest absolute Gasteiger partial charge is 0.349 e. The number of aryl methyl sites for hydroxylation is 1. The minimum atomic E-state index is -0.379. The van der Waals surface area contributed by atoms with E-state index in [9.17, 15) is 14.0 Å². The zero-order chi connectivity index (χ0) is 24.5. The lowest BCUT2D eigenvalue weighted by Gasteiger charge is -2.29. The molecule has 5 rings (SSSR count). The fourth-order valence-electron chi connectivity index (χ4n) is 5.00. The Labute approximate surface area is 207 Å². The number of halogens is 2. The molecule has 2 heterocycles. The molecule has 1 N–H and O–H groups in total. The summed E-state index contributed by atoms with van der Waals surface area (Å²) < 4.78 is 17.3. The fourth-order valence-corrected chi connectivity index (χ4v) is 5.16. The van der Waals surface area contributed by atoms with E-state index in [4.69, 9.17) is 11.6 Å². The van der Waals surface area contributed by atoms with Gasteiger partial charge >= 0.3 is 5.69 Å². The van der Waals surface area contributed by atoms with Crippen molar-refractivity contribution in [2.75, 3.05) is 0 Å². The van der Waals surface area contributed by atoms with Crippen molar-refractivity contribution in [2.45, 2.75) is 45.2 Å². The van der Waals surface area contributed by atoms with Gasteiger partial charge in [-0.25, -0.2) is 9.18 Å². The molecule has 0 aliphatic heterocycles. The average molecular weight is 493 g/mol. The number of aromatic nitrogens is 3. The van der Waals surface area contributed by atoms with Gasteiger partial charge in [-0.2, -0.15) is 0 Å². The van der Waals surface area contributed by atoms with Gasteiger partial charge < -0.3 is 5.32 Å². The van der Waals surface area contributed by atoms with Gasteiger partial charge in [0.15, 0.2) is 0 Å². The third kappa shape index (κ3) is 4.73. The maximum atomic E-state index is 13.9. The second kappa shape index (κ2) is 9.66. The van der Waals surface area contributed by atoms with Gasteiger partial charge in [-0.1, -0.05) is 29.8 Å². The molecule has 6 nitrogen and oxygen atoms in total. The SMILES string of the molecule is Cc1ncc(Cl)cc1C(=O)NC1CCC(Cn2c(=O)n(-c3cccc(F)c3)c3ccccc32)CC1. The van der Waals surface area contributed by atoms with Gasteiger partial charge in [0.1, 0.15) is 5.82 Å². The summed E-state index contributed by atoms with van der Waals surface area (Å²) >= 11 is 6.01. The number of rotatable bonds is 5. The summed E-state index contributed by atoms with van der Waals surface area (Å²) in [6, 6.07) is 15.4. The van der Waals surface area contributed by atoms with Crippen molar-refractivity contribution in [1.82, 2.24) is 19.4 Å². The van der Waals surface area contributed by atoms with E-state index in [1.54, 1.807) is 34.3 Å². The number of hydrogen-bond donors (Lipinski definition) is 1. The van der Waals surface area contributed by atoms with E-state index in [0.717, 1.165) is 36.7 Å². The van der Waals surface area contributed by atoms with E-state index in [1.807, 2.05) is 24.3 Å². The standard InChI is InChI=1S/C27H26ClFN4O2/c1-17-23(13-19(28)15-30-17)26(34)31-21-11-9-18(10-12-21)16-32-24-7-2-3-8-25(24)33(27(32)35)22-6-4-5-20(29)14-22/h2-8,13-15,18,21H,9-12,16H2,1H3,(H,31,34). The number of pyridine rings is 1. The summed E-state index contributed by atoms with van der Waals surface area (Å²) in [5.41, 5.74) is 3.08. The smallest absolute Gasteiger partial charge is 0.333 e. The summed E-state index contributed by atoms with van der Waals surface area (Å²) in [4.78, 5) is 30.3. The van der Waals surface area contributed by atoms with Gasteiger partial charge in [0.25, 0.3) is 5.91 Å². The number of fused-ring (bicyclic) bond motifs is 1. The molecule has 0 unspecified atom stereocenters. The maximum Gasteiger partial charge on any atom is 0.333 e. The summed E-state index contributed by atoms with van der Waals surface area (Å²) in [6.07, 6.45) is 4.99. The minimum absolute atomic E-state index is 0.0717. The van der Waals surface area contributed by atoms with Crippen LogP contribution in [-0.4, -0.2) is 26.1 Å². The first-order chi connectivity index (χ1) is 16.9. The molecule has 1 fully saturated rings. The molecule has 1 amide bonds. The molecule has 1 aliphatic rings. The molecule has 1 saturated carbocycles. The Balaban J connectivity index is 1.31. The highest BCUT2D eigenvalue weighted by Gasteiger charge is 2.25. The summed E-state index contributed by atoms with van der Waals surface area (Å²) in [6.45, 7) is 2.37. The molecule has 0 bridgehead atoms. The summed E-state index contributed by atoms with van der Waals surface area (Å²) in [5, 5.41) is 3.55. The first kappa shape index (κ1) is 23.3. The lowest BCUT2D eigenvalue weighted by molar-refractivity contribution is 0.0919. The molecule has 0 spiro atoms. The molecular formula is C27H26ClFN4O2. The number of para-hydroxylation sites is 2. The van der Waals surface area contributed by atoms with Crippen LogP contribution in [0.3, 0.4) is 0 Å². The van der Waals surface area contributed by atoms with Crippen LogP contribution < -0.4 is 11.0 Å². The van der Waals surface area contributed by atoms with E-state index in [0.29, 0.717) is 34.4 Å². The Bertz CT molecular complexity index is 1450. The number of imidazole rings is 1. The Kier molecular flexibility index (Phi) is 6.43. The first-order valence-corrected chi connectivity index (χ1v) is 12.2. The number of nitrogens with zero attached hydrogens (tertiary/aromatic N) is 3. The highest BCUT2D eigenvalue weighted by Crippen LogP contribution is 2.28. The van der Waals surface area contributed by atoms with Crippen molar-refractivity contribution < 1.29 is 9.18 Å². The molecular weight excluding hydrogens is 467 g/mol. The van der Waals surface area contributed by atoms with Crippen LogP contribution in [0.15, 0.2) is 65.6 Å². The van der Waals surface area contributed by atoms with Crippen LogP contribution in [0, 0.1) is 18.7 Å². The van der Waals surface area contributed by atoms with E-state index in [2.05, 4.69) is 10.3 Å². The van der Waals surface area contributed by atoms with Crippen LogP contribution in [0.2, 0.25) is 5.02 Å². The fraction of sp³-hybridized carbons (Fsp3) is 0.296.